The summed E-state index contributed by atoms with van der Waals surface area (Å²) in [6.07, 6.45) is 2.26. The van der Waals surface area contributed by atoms with E-state index in [0.29, 0.717) is 66.1 Å². The highest BCUT2D eigenvalue weighted by Crippen LogP contribution is 2.12. The highest BCUT2D eigenvalue weighted by molar-refractivity contribution is 5.41. The Morgan fingerprint density at radius 2 is 1.00 bits per heavy atom. The maximum atomic E-state index is 5.61. The van der Waals surface area contributed by atoms with Crippen LogP contribution in [0.4, 0.5) is 5.69 Å². The van der Waals surface area contributed by atoms with Gasteiger partial charge in [0.1, 0.15) is 12.4 Å². The number of nitrogen functional groups attached to an aromatic ring is 1. The predicted octanol–water partition coefficient (Wildman–Crippen LogP) is 2.53. The molecular weight excluding hydrogens is 350 g/mol. The van der Waals surface area contributed by atoms with E-state index in [1.807, 2.05) is 12.1 Å². The number of benzene rings is 1. The van der Waals surface area contributed by atoms with Gasteiger partial charge in [-0.1, -0.05) is 13.3 Å². The Morgan fingerprint density at radius 3 is 1.44 bits per heavy atom. The van der Waals surface area contributed by atoms with Crippen LogP contribution in [0.15, 0.2) is 24.3 Å². The van der Waals surface area contributed by atoms with Crippen molar-refractivity contribution < 1.29 is 28.4 Å². The number of rotatable bonds is 19. The van der Waals surface area contributed by atoms with Crippen LogP contribution in [0.25, 0.3) is 0 Å². The Kier molecular flexibility index (Phi) is 15.8. The molecule has 7 heteroatoms. The summed E-state index contributed by atoms with van der Waals surface area (Å²) < 4.78 is 32.6. The largest absolute Gasteiger partial charge is 0.491 e. The van der Waals surface area contributed by atoms with Gasteiger partial charge in [-0.25, -0.2) is 0 Å². The van der Waals surface area contributed by atoms with E-state index in [0.717, 1.165) is 30.9 Å². The minimum Gasteiger partial charge on any atom is -0.491 e. The third-order valence-corrected chi connectivity index (χ3v) is 3.51. The van der Waals surface area contributed by atoms with E-state index in [2.05, 4.69) is 6.92 Å². The molecule has 27 heavy (non-hydrogen) atoms. The summed E-state index contributed by atoms with van der Waals surface area (Å²) in [5, 5.41) is 0. The van der Waals surface area contributed by atoms with E-state index < -0.39 is 0 Å². The quantitative estimate of drug-likeness (QED) is 0.289. The van der Waals surface area contributed by atoms with Gasteiger partial charge in [-0.15, -0.1) is 0 Å². The zero-order valence-electron chi connectivity index (χ0n) is 16.5. The molecule has 0 spiro atoms. The molecule has 1 rings (SSSR count). The molecule has 156 valence electrons. The highest BCUT2D eigenvalue weighted by atomic mass is 16.6. The number of hydrogen-bond donors (Lipinski definition) is 1. The minimum absolute atomic E-state index is 0.497. The monoisotopic (exact) mass is 385 g/mol. The maximum absolute atomic E-state index is 5.61. The molecule has 0 aliphatic carbocycles. The van der Waals surface area contributed by atoms with Crippen molar-refractivity contribution in [2.45, 2.75) is 19.8 Å². The van der Waals surface area contributed by atoms with E-state index in [9.17, 15) is 0 Å². The van der Waals surface area contributed by atoms with Crippen molar-refractivity contribution >= 4 is 5.69 Å². The average molecular weight is 386 g/mol. The molecule has 1 aromatic rings. The minimum atomic E-state index is 0.497. The summed E-state index contributed by atoms with van der Waals surface area (Å²) in [5.41, 5.74) is 6.33. The molecule has 0 heterocycles. The van der Waals surface area contributed by atoms with Crippen molar-refractivity contribution in [1.82, 2.24) is 0 Å². The third kappa shape index (κ3) is 15.4. The molecule has 2 N–H and O–H groups in total. The molecule has 0 amide bonds. The average Bonchev–Trinajstić information content (AvgIpc) is 2.68. The third-order valence-electron chi connectivity index (χ3n) is 3.51. The van der Waals surface area contributed by atoms with Gasteiger partial charge >= 0.3 is 0 Å². The fourth-order valence-corrected chi connectivity index (χ4v) is 2.01. The molecule has 0 fully saturated rings. The molecule has 0 saturated carbocycles. The normalized spacial score (nSPS) is 11.0. The smallest absolute Gasteiger partial charge is 0.119 e. The molecule has 0 saturated heterocycles. The Morgan fingerprint density at radius 1 is 0.593 bits per heavy atom. The van der Waals surface area contributed by atoms with Gasteiger partial charge in [0.15, 0.2) is 0 Å². The van der Waals surface area contributed by atoms with Crippen LogP contribution in [0, 0.1) is 0 Å². The van der Waals surface area contributed by atoms with Gasteiger partial charge in [0.2, 0.25) is 0 Å². The summed E-state index contributed by atoms with van der Waals surface area (Å²) >= 11 is 0. The Labute approximate surface area is 163 Å². The fourth-order valence-electron chi connectivity index (χ4n) is 2.01. The highest BCUT2D eigenvalue weighted by Gasteiger charge is 1.95. The van der Waals surface area contributed by atoms with E-state index >= 15 is 0 Å². The van der Waals surface area contributed by atoms with Gasteiger partial charge in [-0.2, -0.15) is 0 Å². The van der Waals surface area contributed by atoms with Gasteiger partial charge < -0.3 is 34.2 Å². The summed E-state index contributed by atoms with van der Waals surface area (Å²) in [7, 11) is 0. The molecule has 7 nitrogen and oxygen atoms in total. The molecule has 0 aliphatic heterocycles. The van der Waals surface area contributed by atoms with Crippen molar-refractivity contribution in [2.75, 3.05) is 78.4 Å². The molecular formula is C20H35NO6. The second-order valence-corrected chi connectivity index (χ2v) is 5.83. The van der Waals surface area contributed by atoms with Crippen LogP contribution in [0.2, 0.25) is 0 Å². The van der Waals surface area contributed by atoms with Gasteiger partial charge in [0, 0.05) is 12.3 Å². The molecule has 0 aliphatic rings. The lowest BCUT2D eigenvalue weighted by Crippen LogP contribution is -2.14. The first kappa shape index (κ1) is 23.7. The second kappa shape index (κ2) is 18.0. The van der Waals surface area contributed by atoms with E-state index in [1.54, 1.807) is 12.1 Å². The number of nitrogens with two attached hydrogens (primary N) is 1. The molecule has 0 unspecified atom stereocenters. The van der Waals surface area contributed by atoms with Crippen LogP contribution >= 0.6 is 0 Å². The lowest BCUT2D eigenvalue weighted by atomic mass is 10.3. The molecule has 0 aromatic heterocycles. The Hall–Kier alpha value is -1.38. The summed E-state index contributed by atoms with van der Waals surface area (Å²) in [6.45, 7) is 8.55. The van der Waals surface area contributed by atoms with E-state index in [4.69, 9.17) is 34.2 Å². The lowest BCUT2D eigenvalue weighted by Gasteiger charge is -2.09. The predicted molar refractivity (Wildman–Crippen MR) is 105 cm³/mol. The zero-order valence-corrected chi connectivity index (χ0v) is 16.5. The summed E-state index contributed by atoms with van der Waals surface area (Å²) in [5.74, 6) is 0.786. The SMILES string of the molecule is CCCCOCCOCCOCCOCCOCCOc1ccc(N)cc1. The number of hydrogen-bond acceptors (Lipinski definition) is 7. The van der Waals surface area contributed by atoms with E-state index in [1.165, 1.54) is 0 Å². The number of anilines is 1. The molecule has 1 aromatic carbocycles. The lowest BCUT2D eigenvalue weighted by molar-refractivity contribution is -0.0128. The van der Waals surface area contributed by atoms with Gasteiger partial charge in [0.25, 0.3) is 0 Å². The number of unbranched alkanes of at least 4 members (excludes halogenated alkanes) is 1. The van der Waals surface area contributed by atoms with E-state index in [-0.39, 0.29) is 0 Å². The van der Waals surface area contributed by atoms with Crippen LogP contribution in [-0.4, -0.2) is 72.7 Å². The standard InChI is InChI=1S/C20H35NO6/c1-2-3-8-22-9-10-23-11-12-24-13-14-25-15-16-26-17-18-27-20-6-4-19(21)5-7-20/h4-7H,2-3,8-18,21H2,1H3. The zero-order chi connectivity index (χ0) is 19.4. The van der Waals surface area contributed by atoms with Gasteiger partial charge in [-0.3, -0.25) is 0 Å². The molecule has 0 bridgehead atoms. The van der Waals surface area contributed by atoms with Crippen LogP contribution in [0.3, 0.4) is 0 Å². The summed E-state index contributed by atoms with van der Waals surface area (Å²) in [4.78, 5) is 0. The molecule has 0 atom stereocenters. The number of ether oxygens (including phenoxy) is 6. The van der Waals surface area contributed by atoms with Crippen LogP contribution in [-0.2, 0) is 23.7 Å². The van der Waals surface area contributed by atoms with Crippen molar-refractivity contribution in [3.63, 3.8) is 0 Å². The maximum Gasteiger partial charge on any atom is 0.119 e. The van der Waals surface area contributed by atoms with Crippen molar-refractivity contribution in [1.29, 1.82) is 0 Å². The first-order chi connectivity index (χ1) is 13.3. The topological polar surface area (TPSA) is 81.4 Å². The van der Waals surface area contributed by atoms with Gasteiger partial charge in [-0.05, 0) is 30.7 Å². The van der Waals surface area contributed by atoms with Crippen LogP contribution < -0.4 is 10.5 Å². The Bertz CT molecular complexity index is 429. The molecule has 0 radical (unpaired) electrons. The fraction of sp³-hybridized carbons (Fsp3) is 0.700. The van der Waals surface area contributed by atoms with Crippen molar-refractivity contribution in [3.8, 4) is 5.75 Å². The Balaban J connectivity index is 1.71. The second-order valence-electron chi connectivity index (χ2n) is 5.83. The van der Waals surface area contributed by atoms with Crippen molar-refractivity contribution in [3.05, 3.63) is 24.3 Å². The van der Waals surface area contributed by atoms with Gasteiger partial charge in [0.05, 0.1) is 59.5 Å². The summed E-state index contributed by atoms with van der Waals surface area (Å²) in [6, 6.07) is 7.29. The van der Waals surface area contributed by atoms with Crippen molar-refractivity contribution in [2.24, 2.45) is 0 Å². The van der Waals surface area contributed by atoms with Crippen LogP contribution in [0.5, 0.6) is 5.75 Å². The first-order valence-electron chi connectivity index (χ1n) is 9.70. The first-order valence-corrected chi connectivity index (χ1v) is 9.70. The van der Waals surface area contributed by atoms with Crippen LogP contribution in [0.1, 0.15) is 19.8 Å².